The molecular formula is C19H27NO2. The molecule has 4 aliphatic rings. The van der Waals surface area contributed by atoms with Crippen LogP contribution in [0.1, 0.15) is 46.5 Å². The predicted molar refractivity (Wildman–Crippen MR) is 86.2 cm³/mol. The highest BCUT2D eigenvalue weighted by molar-refractivity contribution is 5.99. The van der Waals surface area contributed by atoms with Gasteiger partial charge in [-0.1, -0.05) is 38.5 Å². The monoisotopic (exact) mass is 301 g/mol. The second-order valence-electron chi connectivity index (χ2n) is 8.55. The maximum Gasteiger partial charge on any atom is 0.202 e. The van der Waals surface area contributed by atoms with Crippen LogP contribution >= 0.6 is 0 Å². The minimum atomic E-state index is -0.771. The number of carbonyl (C=O) groups is 1. The number of hydrogen-bond donors (Lipinski definition) is 1. The van der Waals surface area contributed by atoms with E-state index in [0.29, 0.717) is 18.4 Å². The average molecular weight is 301 g/mol. The zero-order valence-electron chi connectivity index (χ0n) is 13.9. The molecule has 3 aliphatic carbocycles. The van der Waals surface area contributed by atoms with Gasteiger partial charge in [-0.3, -0.25) is 10.1 Å². The van der Waals surface area contributed by atoms with Crippen LogP contribution in [0.2, 0.25) is 0 Å². The highest BCUT2D eigenvalue weighted by Gasteiger charge is 2.59. The predicted octanol–water partition coefficient (Wildman–Crippen LogP) is 3.22. The van der Waals surface area contributed by atoms with Crippen molar-refractivity contribution in [1.29, 1.82) is 0 Å². The molecule has 1 aliphatic heterocycles. The average Bonchev–Trinajstić information content (AvgIpc) is 2.92. The fourth-order valence-corrected chi connectivity index (χ4v) is 4.91. The van der Waals surface area contributed by atoms with Crippen molar-refractivity contribution < 1.29 is 9.53 Å². The van der Waals surface area contributed by atoms with Crippen LogP contribution in [0.25, 0.3) is 0 Å². The Kier molecular flexibility index (Phi) is 3.18. The molecule has 1 N–H and O–H groups in total. The summed E-state index contributed by atoms with van der Waals surface area (Å²) in [4.78, 5) is 13.0. The molecule has 3 nitrogen and oxygen atoms in total. The normalized spacial score (nSPS) is 44.1. The molecule has 3 heteroatoms. The van der Waals surface area contributed by atoms with Crippen molar-refractivity contribution in [3.63, 3.8) is 0 Å². The molecule has 0 unspecified atom stereocenters. The first kappa shape index (κ1) is 14.6. The van der Waals surface area contributed by atoms with Gasteiger partial charge < -0.3 is 4.74 Å². The lowest BCUT2D eigenvalue weighted by molar-refractivity contribution is -0.150. The van der Waals surface area contributed by atoms with Crippen LogP contribution in [0.15, 0.2) is 23.8 Å². The lowest BCUT2D eigenvalue weighted by atomic mass is 9.59. The van der Waals surface area contributed by atoms with Gasteiger partial charge in [0.25, 0.3) is 0 Å². The third kappa shape index (κ3) is 1.98. The maximum absolute atomic E-state index is 13.0. The molecule has 120 valence electrons. The topological polar surface area (TPSA) is 38.3 Å². The number of carbonyl (C=O) groups excluding carboxylic acids is 1. The van der Waals surface area contributed by atoms with Gasteiger partial charge in [-0.05, 0) is 49.0 Å². The molecule has 0 bridgehead atoms. The lowest BCUT2D eigenvalue weighted by Gasteiger charge is -2.49. The van der Waals surface area contributed by atoms with E-state index < -0.39 is 5.72 Å². The standard InChI is InChI=1S/C19H27NO2/c1-18(2,3)15-11-22-19(20-15)14-9-5-7-12-6-4-8-13(17(12)14)10-16(19)21/h5,7,10,12,14-15,17,20H,4,6,8-9,11H2,1-3H3/t12-,14+,15+,17+,19-/m0/s1. The van der Waals surface area contributed by atoms with E-state index in [1.54, 1.807) is 0 Å². The van der Waals surface area contributed by atoms with Crippen LogP contribution in [0.4, 0.5) is 0 Å². The van der Waals surface area contributed by atoms with Gasteiger partial charge in [0.05, 0.1) is 6.61 Å². The highest BCUT2D eigenvalue weighted by Crippen LogP contribution is 2.52. The summed E-state index contributed by atoms with van der Waals surface area (Å²) in [7, 11) is 0. The van der Waals surface area contributed by atoms with Gasteiger partial charge in [0.1, 0.15) is 0 Å². The van der Waals surface area contributed by atoms with Gasteiger partial charge in [-0.2, -0.15) is 0 Å². The fourth-order valence-electron chi connectivity index (χ4n) is 4.91. The summed E-state index contributed by atoms with van der Waals surface area (Å²) in [6.07, 6.45) is 11.1. The Labute approximate surface area is 133 Å². The van der Waals surface area contributed by atoms with E-state index in [1.165, 1.54) is 18.4 Å². The largest absolute Gasteiger partial charge is 0.351 e. The Morgan fingerprint density at radius 2 is 2.18 bits per heavy atom. The number of rotatable bonds is 0. The van der Waals surface area contributed by atoms with E-state index in [1.807, 2.05) is 6.08 Å². The number of hydrogen-bond acceptors (Lipinski definition) is 3. The molecule has 0 aromatic heterocycles. The first-order chi connectivity index (χ1) is 10.4. The summed E-state index contributed by atoms with van der Waals surface area (Å²) >= 11 is 0. The number of ketones is 1. The van der Waals surface area contributed by atoms with E-state index >= 15 is 0 Å². The van der Waals surface area contributed by atoms with E-state index in [9.17, 15) is 4.79 Å². The van der Waals surface area contributed by atoms with E-state index in [4.69, 9.17) is 4.74 Å². The van der Waals surface area contributed by atoms with Crippen LogP contribution in [0.3, 0.4) is 0 Å². The quantitative estimate of drug-likeness (QED) is 0.698. The Bertz CT molecular complexity index is 556. The number of fused-ring (bicyclic) bond motifs is 1. The summed E-state index contributed by atoms with van der Waals surface area (Å²) in [6.45, 7) is 7.28. The first-order valence-electron chi connectivity index (χ1n) is 8.75. The molecule has 1 heterocycles. The second kappa shape index (κ2) is 4.78. The smallest absolute Gasteiger partial charge is 0.202 e. The van der Waals surface area contributed by atoms with E-state index in [2.05, 4.69) is 38.2 Å². The molecule has 22 heavy (non-hydrogen) atoms. The third-order valence-corrected chi connectivity index (χ3v) is 6.22. The molecule has 1 saturated heterocycles. The molecule has 4 rings (SSSR count). The van der Waals surface area contributed by atoms with Crippen molar-refractivity contribution in [3.05, 3.63) is 23.8 Å². The summed E-state index contributed by atoms with van der Waals surface area (Å²) < 4.78 is 6.23. The van der Waals surface area contributed by atoms with Crippen LogP contribution in [-0.4, -0.2) is 24.2 Å². The molecule has 2 fully saturated rings. The zero-order chi connectivity index (χ0) is 15.5. The van der Waals surface area contributed by atoms with Gasteiger partial charge >= 0.3 is 0 Å². The SMILES string of the molecule is CC(C)(C)[C@H]1CO[C@]2(N1)C(=O)C=C1CCC[C@H]3C=CC[C@@H]2[C@@H]13. The van der Waals surface area contributed by atoms with Gasteiger partial charge in [-0.25, -0.2) is 0 Å². The van der Waals surface area contributed by atoms with Crippen molar-refractivity contribution in [1.82, 2.24) is 5.32 Å². The summed E-state index contributed by atoms with van der Waals surface area (Å²) in [5.74, 6) is 1.53. The summed E-state index contributed by atoms with van der Waals surface area (Å²) in [6, 6.07) is 0.236. The van der Waals surface area contributed by atoms with Gasteiger partial charge in [0.15, 0.2) is 5.72 Å². The Morgan fingerprint density at radius 3 is 2.91 bits per heavy atom. The summed E-state index contributed by atoms with van der Waals surface area (Å²) in [5.41, 5.74) is 0.710. The van der Waals surface area contributed by atoms with Crippen molar-refractivity contribution in [3.8, 4) is 0 Å². The van der Waals surface area contributed by atoms with Gasteiger partial charge in [0, 0.05) is 12.0 Å². The zero-order valence-corrected chi connectivity index (χ0v) is 13.9. The lowest BCUT2D eigenvalue weighted by Crippen LogP contribution is -2.62. The van der Waals surface area contributed by atoms with Crippen LogP contribution in [-0.2, 0) is 9.53 Å². The molecular weight excluding hydrogens is 274 g/mol. The van der Waals surface area contributed by atoms with Crippen molar-refractivity contribution in [2.45, 2.75) is 58.2 Å². The Hall–Kier alpha value is -0.930. The van der Waals surface area contributed by atoms with Gasteiger partial charge in [-0.15, -0.1) is 0 Å². The molecule has 1 saturated carbocycles. The first-order valence-corrected chi connectivity index (χ1v) is 8.75. The molecule has 0 aromatic rings. The fraction of sp³-hybridized carbons (Fsp3) is 0.737. The Morgan fingerprint density at radius 1 is 1.36 bits per heavy atom. The number of allylic oxidation sites excluding steroid dienone is 3. The summed E-state index contributed by atoms with van der Waals surface area (Å²) in [5, 5.41) is 3.63. The molecule has 0 radical (unpaired) electrons. The van der Waals surface area contributed by atoms with Crippen LogP contribution in [0.5, 0.6) is 0 Å². The van der Waals surface area contributed by atoms with E-state index in [-0.39, 0.29) is 23.2 Å². The second-order valence-corrected chi connectivity index (χ2v) is 8.55. The molecule has 0 aromatic carbocycles. The van der Waals surface area contributed by atoms with Crippen molar-refractivity contribution in [2.75, 3.05) is 6.61 Å². The Balaban J connectivity index is 1.73. The van der Waals surface area contributed by atoms with E-state index in [0.717, 1.165) is 12.8 Å². The third-order valence-electron chi connectivity index (χ3n) is 6.22. The van der Waals surface area contributed by atoms with Crippen molar-refractivity contribution in [2.24, 2.45) is 23.2 Å². The van der Waals surface area contributed by atoms with Crippen LogP contribution in [0, 0.1) is 23.2 Å². The molecule has 1 spiro atoms. The number of nitrogens with one attached hydrogen (secondary N) is 1. The highest BCUT2D eigenvalue weighted by atomic mass is 16.5. The van der Waals surface area contributed by atoms with Gasteiger partial charge in [0.2, 0.25) is 5.78 Å². The maximum atomic E-state index is 13.0. The minimum Gasteiger partial charge on any atom is -0.351 e. The molecule has 0 amide bonds. The minimum absolute atomic E-state index is 0.101. The van der Waals surface area contributed by atoms with Crippen LogP contribution < -0.4 is 5.32 Å². The molecule has 5 atom stereocenters. The number of ether oxygens (including phenoxy) is 1. The van der Waals surface area contributed by atoms with Crippen molar-refractivity contribution >= 4 is 5.78 Å².